The minimum Gasteiger partial charge on any atom is -0.481 e. The summed E-state index contributed by atoms with van der Waals surface area (Å²) in [6.45, 7) is 0. The summed E-state index contributed by atoms with van der Waals surface area (Å²) >= 11 is 0. The zero-order valence-electron chi connectivity index (χ0n) is 12.2. The summed E-state index contributed by atoms with van der Waals surface area (Å²) < 4.78 is 9.99. The van der Waals surface area contributed by atoms with E-state index < -0.39 is 5.97 Å². The number of pyridine rings is 2. The van der Waals surface area contributed by atoms with E-state index in [1.54, 1.807) is 24.5 Å². The van der Waals surface area contributed by atoms with Crippen LogP contribution in [0.3, 0.4) is 0 Å². The summed E-state index contributed by atoms with van der Waals surface area (Å²) in [5.41, 5.74) is 1.75. The van der Waals surface area contributed by atoms with Gasteiger partial charge in [0.05, 0.1) is 25.5 Å². The monoisotopic (exact) mass is 294 g/mol. The van der Waals surface area contributed by atoms with Gasteiger partial charge in [-0.2, -0.15) is 0 Å². The quantitative estimate of drug-likeness (QED) is 0.695. The van der Waals surface area contributed by atoms with Crippen molar-refractivity contribution >= 4 is 16.7 Å². The Morgan fingerprint density at radius 2 is 1.91 bits per heavy atom. The van der Waals surface area contributed by atoms with Crippen LogP contribution < -0.4 is 4.74 Å². The Morgan fingerprint density at radius 3 is 2.68 bits per heavy atom. The smallest absolute Gasteiger partial charge is 0.340 e. The van der Waals surface area contributed by atoms with E-state index in [1.807, 2.05) is 24.3 Å². The molecule has 0 aliphatic carbocycles. The number of ether oxygens (including phenoxy) is 2. The normalized spacial score (nSPS) is 10.5. The van der Waals surface area contributed by atoms with Crippen molar-refractivity contribution in [1.82, 2.24) is 9.97 Å². The van der Waals surface area contributed by atoms with Crippen LogP contribution in [0.25, 0.3) is 22.0 Å². The molecule has 5 nitrogen and oxygen atoms in total. The molecule has 0 saturated carbocycles. The number of carbonyl (C=O) groups excluding carboxylic acids is 1. The average molecular weight is 294 g/mol. The van der Waals surface area contributed by atoms with Gasteiger partial charge in [-0.05, 0) is 23.6 Å². The lowest BCUT2D eigenvalue weighted by Crippen LogP contribution is -2.05. The predicted octanol–water partition coefficient (Wildman–Crippen LogP) is 3.09. The van der Waals surface area contributed by atoms with Crippen molar-refractivity contribution in [2.24, 2.45) is 0 Å². The van der Waals surface area contributed by atoms with Gasteiger partial charge >= 0.3 is 5.97 Å². The summed E-state index contributed by atoms with van der Waals surface area (Å²) in [5, 5.41) is 2.04. The molecule has 0 bridgehead atoms. The zero-order chi connectivity index (χ0) is 15.5. The van der Waals surface area contributed by atoms with Crippen LogP contribution >= 0.6 is 0 Å². The van der Waals surface area contributed by atoms with Crippen molar-refractivity contribution in [2.45, 2.75) is 0 Å². The zero-order valence-corrected chi connectivity index (χ0v) is 12.2. The summed E-state index contributed by atoms with van der Waals surface area (Å²) in [6, 6.07) is 11.0. The number of esters is 1. The van der Waals surface area contributed by atoms with E-state index in [1.165, 1.54) is 14.2 Å². The first-order valence-electron chi connectivity index (χ1n) is 6.70. The van der Waals surface area contributed by atoms with E-state index in [2.05, 4.69) is 9.97 Å². The molecule has 0 atom stereocenters. The Labute approximate surface area is 127 Å². The second-order valence-electron chi connectivity index (χ2n) is 4.68. The molecule has 5 heteroatoms. The molecule has 1 aromatic carbocycles. The molecule has 0 unspecified atom stereocenters. The third kappa shape index (κ3) is 2.48. The molecule has 2 aromatic heterocycles. The first-order chi connectivity index (χ1) is 10.7. The van der Waals surface area contributed by atoms with Crippen LogP contribution in [0.4, 0.5) is 0 Å². The van der Waals surface area contributed by atoms with Gasteiger partial charge < -0.3 is 9.47 Å². The molecule has 0 N–H and O–H groups in total. The van der Waals surface area contributed by atoms with Gasteiger partial charge in [0, 0.05) is 29.4 Å². The number of hydrogen-bond acceptors (Lipinski definition) is 5. The van der Waals surface area contributed by atoms with Crippen LogP contribution in [0.15, 0.2) is 48.8 Å². The van der Waals surface area contributed by atoms with Crippen LogP contribution in [0.5, 0.6) is 5.88 Å². The molecule has 0 spiro atoms. The van der Waals surface area contributed by atoms with Gasteiger partial charge in [-0.15, -0.1) is 0 Å². The molecule has 2 heterocycles. The minimum atomic E-state index is -0.431. The lowest BCUT2D eigenvalue weighted by molar-refractivity contribution is 0.0601. The maximum absolute atomic E-state index is 12.0. The Hall–Kier alpha value is -2.95. The summed E-state index contributed by atoms with van der Waals surface area (Å²) in [5.74, 6) is 0.0115. The SMILES string of the molecule is COC(=O)c1ccc(OC)nc1-c1ccc2cnccc2c1. The Balaban J connectivity index is 2.20. The van der Waals surface area contributed by atoms with E-state index in [9.17, 15) is 4.79 Å². The number of benzene rings is 1. The van der Waals surface area contributed by atoms with Gasteiger partial charge in [-0.25, -0.2) is 9.78 Å². The van der Waals surface area contributed by atoms with Crippen LogP contribution in [0, 0.1) is 0 Å². The van der Waals surface area contributed by atoms with Gasteiger partial charge in [0.15, 0.2) is 0 Å². The maximum atomic E-state index is 12.0. The third-order valence-corrected chi connectivity index (χ3v) is 3.40. The molecule has 3 rings (SSSR count). The highest BCUT2D eigenvalue weighted by Crippen LogP contribution is 2.27. The van der Waals surface area contributed by atoms with Gasteiger partial charge in [-0.3, -0.25) is 4.98 Å². The molecule has 0 saturated heterocycles. The van der Waals surface area contributed by atoms with Crippen molar-refractivity contribution < 1.29 is 14.3 Å². The predicted molar refractivity (Wildman–Crippen MR) is 82.9 cm³/mol. The highest BCUT2D eigenvalue weighted by Gasteiger charge is 2.16. The fourth-order valence-electron chi connectivity index (χ4n) is 2.28. The molecule has 0 fully saturated rings. The van der Waals surface area contributed by atoms with Crippen molar-refractivity contribution in [3.05, 3.63) is 54.4 Å². The molecule has 22 heavy (non-hydrogen) atoms. The van der Waals surface area contributed by atoms with Crippen LogP contribution in [-0.2, 0) is 4.74 Å². The molecule has 110 valence electrons. The van der Waals surface area contributed by atoms with Crippen LogP contribution in [0.2, 0.25) is 0 Å². The number of hydrogen-bond donors (Lipinski definition) is 0. The molecule has 0 aliphatic rings. The van der Waals surface area contributed by atoms with Crippen molar-refractivity contribution in [1.29, 1.82) is 0 Å². The van der Waals surface area contributed by atoms with Crippen LogP contribution in [0.1, 0.15) is 10.4 Å². The molecule has 0 radical (unpaired) electrons. The van der Waals surface area contributed by atoms with Gasteiger partial charge in [0.2, 0.25) is 5.88 Å². The van der Waals surface area contributed by atoms with Gasteiger partial charge in [-0.1, -0.05) is 12.1 Å². The van der Waals surface area contributed by atoms with Crippen molar-refractivity contribution in [3.63, 3.8) is 0 Å². The van der Waals surface area contributed by atoms with E-state index in [-0.39, 0.29) is 0 Å². The van der Waals surface area contributed by atoms with Crippen LogP contribution in [-0.4, -0.2) is 30.2 Å². The van der Waals surface area contributed by atoms with E-state index in [0.29, 0.717) is 17.1 Å². The number of carbonyl (C=O) groups is 1. The highest BCUT2D eigenvalue weighted by atomic mass is 16.5. The van der Waals surface area contributed by atoms with Gasteiger partial charge in [0.25, 0.3) is 0 Å². The standard InChI is InChI=1S/C17H14N2O3/c1-21-15-6-5-14(17(20)22-2)16(19-15)12-3-4-13-10-18-8-7-11(13)9-12/h3-10H,1-2H3. The summed E-state index contributed by atoms with van der Waals surface area (Å²) in [4.78, 5) is 20.4. The fraction of sp³-hybridized carbons (Fsp3) is 0.118. The van der Waals surface area contributed by atoms with Crippen molar-refractivity contribution in [3.8, 4) is 17.1 Å². The molecule has 0 aliphatic heterocycles. The largest absolute Gasteiger partial charge is 0.481 e. The molecule has 3 aromatic rings. The maximum Gasteiger partial charge on any atom is 0.340 e. The first-order valence-corrected chi connectivity index (χ1v) is 6.70. The number of aromatic nitrogens is 2. The van der Waals surface area contributed by atoms with E-state index in [4.69, 9.17) is 9.47 Å². The number of rotatable bonds is 3. The third-order valence-electron chi connectivity index (χ3n) is 3.40. The Kier molecular flexibility index (Phi) is 3.70. The second-order valence-corrected chi connectivity index (χ2v) is 4.68. The number of methoxy groups -OCH3 is 2. The van der Waals surface area contributed by atoms with E-state index in [0.717, 1.165) is 16.3 Å². The Bertz CT molecular complexity index is 846. The van der Waals surface area contributed by atoms with Gasteiger partial charge in [0.1, 0.15) is 0 Å². The van der Waals surface area contributed by atoms with Crippen molar-refractivity contribution in [2.75, 3.05) is 14.2 Å². The number of fused-ring (bicyclic) bond motifs is 1. The molecular weight excluding hydrogens is 280 g/mol. The summed E-state index contributed by atoms with van der Waals surface area (Å²) in [7, 11) is 2.89. The first kappa shape index (κ1) is 14.0. The Morgan fingerprint density at radius 1 is 1.05 bits per heavy atom. The minimum absolute atomic E-state index is 0.400. The average Bonchev–Trinajstić information content (AvgIpc) is 2.60. The second kappa shape index (κ2) is 5.81. The summed E-state index contributed by atoms with van der Waals surface area (Å²) in [6.07, 6.45) is 3.52. The van der Waals surface area contributed by atoms with E-state index >= 15 is 0 Å². The lowest BCUT2D eigenvalue weighted by Gasteiger charge is -2.10. The lowest BCUT2D eigenvalue weighted by atomic mass is 10.0. The highest BCUT2D eigenvalue weighted by molar-refractivity contribution is 5.97. The molecule has 0 amide bonds. The number of nitrogens with zero attached hydrogens (tertiary/aromatic N) is 2. The molecular formula is C17H14N2O3. The fourth-order valence-corrected chi connectivity index (χ4v) is 2.28. The topological polar surface area (TPSA) is 61.3 Å².